The highest BCUT2D eigenvalue weighted by molar-refractivity contribution is 7.80. The number of hydrogen-bond acceptors (Lipinski definition) is 3. The van der Waals surface area contributed by atoms with Crippen molar-refractivity contribution in [2.75, 3.05) is 27.3 Å². The van der Waals surface area contributed by atoms with Crippen LogP contribution < -0.4 is 14.8 Å². The highest BCUT2D eigenvalue weighted by Crippen LogP contribution is 2.39. The number of rotatable bonds is 4. The Morgan fingerprint density at radius 2 is 2.08 bits per heavy atom. The maximum Gasteiger partial charge on any atom is 0.169 e. The fourth-order valence-corrected chi connectivity index (χ4v) is 3.58. The van der Waals surface area contributed by atoms with Gasteiger partial charge in [0.15, 0.2) is 5.11 Å². The molecule has 2 heterocycles. The van der Waals surface area contributed by atoms with Gasteiger partial charge < -0.3 is 24.3 Å². The van der Waals surface area contributed by atoms with Crippen molar-refractivity contribution in [2.24, 2.45) is 0 Å². The quantitative estimate of drug-likeness (QED) is 0.863. The van der Waals surface area contributed by atoms with E-state index < -0.39 is 0 Å². The first-order valence-electron chi connectivity index (χ1n) is 8.11. The Morgan fingerprint density at radius 3 is 2.79 bits per heavy atom. The zero-order chi connectivity index (χ0) is 17.1. The third-order valence-corrected chi connectivity index (χ3v) is 4.74. The van der Waals surface area contributed by atoms with Crippen molar-refractivity contribution in [3.05, 3.63) is 47.8 Å². The Kier molecular flexibility index (Phi) is 4.94. The molecule has 0 radical (unpaired) electrons. The van der Waals surface area contributed by atoms with Crippen LogP contribution >= 0.6 is 12.2 Å². The van der Waals surface area contributed by atoms with E-state index in [1.807, 2.05) is 18.2 Å². The second-order valence-electron chi connectivity index (χ2n) is 5.67. The van der Waals surface area contributed by atoms with Crippen LogP contribution in [0.5, 0.6) is 11.5 Å². The zero-order valence-electron chi connectivity index (χ0n) is 14.3. The number of nitrogens with one attached hydrogen (secondary N) is 1. The molecule has 0 fully saturated rings. The summed E-state index contributed by atoms with van der Waals surface area (Å²) >= 11 is 5.63. The number of fused-ring (bicyclic) bond motifs is 1. The molecule has 0 amide bonds. The Morgan fingerprint density at radius 1 is 1.25 bits per heavy atom. The van der Waals surface area contributed by atoms with Gasteiger partial charge >= 0.3 is 0 Å². The summed E-state index contributed by atoms with van der Waals surface area (Å²) in [5.74, 6) is 1.64. The first kappa shape index (κ1) is 16.6. The lowest BCUT2D eigenvalue weighted by Crippen LogP contribution is -2.47. The average molecular weight is 345 g/mol. The molecule has 1 aliphatic heterocycles. The third-order valence-electron chi connectivity index (χ3n) is 4.36. The van der Waals surface area contributed by atoms with Gasteiger partial charge in [-0.25, -0.2) is 0 Å². The molecule has 0 spiro atoms. The lowest BCUT2D eigenvalue weighted by molar-refractivity contribution is 0.278. The van der Waals surface area contributed by atoms with E-state index in [4.69, 9.17) is 21.7 Å². The summed E-state index contributed by atoms with van der Waals surface area (Å²) in [7, 11) is 3.37. The summed E-state index contributed by atoms with van der Waals surface area (Å²) in [6.07, 6.45) is 2.11. The van der Waals surface area contributed by atoms with Crippen molar-refractivity contribution >= 4 is 17.3 Å². The minimum Gasteiger partial charge on any atom is -0.497 e. The van der Waals surface area contributed by atoms with Crippen LogP contribution in [0.3, 0.4) is 0 Å². The van der Waals surface area contributed by atoms with Gasteiger partial charge in [-0.05, 0) is 49.5 Å². The molecule has 2 aromatic rings. The van der Waals surface area contributed by atoms with Crippen molar-refractivity contribution in [1.29, 1.82) is 0 Å². The maximum atomic E-state index is 5.63. The minimum absolute atomic E-state index is 0.00894. The summed E-state index contributed by atoms with van der Waals surface area (Å²) in [5.41, 5.74) is 2.25. The Hall–Kier alpha value is -2.21. The van der Waals surface area contributed by atoms with Gasteiger partial charge in [0.2, 0.25) is 0 Å². The first-order valence-corrected chi connectivity index (χ1v) is 8.51. The highest BCUT2D eigenvalue weighted by Gasteiger charge is 2.32. The summed E-state index contributed by atoms with van der Waals surface area (Å²) < 4.78 is 13.3. The molecule has 128 valence electrons. The standard InChI is InChI=1S/C18H23N3O2S/c1-4-19-18(24)21-11-10-20-9-5-6-15(20)17(21)14-12-13(22-2)7-8-16(14)23-3/h5-9,12,17H,4,10-11H2,1-3H3,(H,19,24). The monoisotopic (exact) mass is 345 g/mol. The molecule has 1 atom stereocenters. The van der Waals surface area contributed by atoms with E-state index in [0.29, 0.717) is 0 Å². The summed E-state index contributed by atoms with van der Waals surface area (Å²) in [6.45, 7) is 4.62. The molecule has 1 N–H and O–H groups in total. The van der Waals surface area contributed by atoms with Crippen molar-refractivity contribution in [2.45, 2.75) is 19.5 Å². The van der Waals surface area contributed by atoms with Gasteiger partial charge in [-0.2, -0.15) is 0 Å². The van der Waals surface area contributed by atoms with Crippen molar-refractivity contribution in [3.8, 4) is 11.5 Å². The second kappa shape index (κ2) is 7.13. The Balaban J connectivity index is 2.12. The molecule has 1 aromatic heterocycles. The molecule has 0 aliphatic carbocycles. The molecular weight excluding hydrogens is 322 g/mol. The van der Waals surface area contributed by atoms with Crippen LogP contribution in [0.2, 0.25) is 0 Å². The summed E-state index contributed by atoms with van der Waals surface area (Å²) in [6, 6.07) is 10.1. The Labute approximate surface area is 148 Å². The van der Waals surface area contributed by atoms with Gasteiger partial charge in [0.1, 0.15) is 17.5 Å². The number of thiocarbonyl (C=S) groups is 1. The van der Waals surface area contributed by atoms with Crippen LogP contribution in [0, 0.1) is 0 Å². The van der Waals surface area contributed by atoms with E-state index in [1.54, 1.807) is 14.2 Å². The van der Waals surface area contributed by atoms with Crippen LogP contribution in [-0.2, 0) is 6.54 Å². The van der Waals surface area contributed by atoms with E-state index in [9.17, 15) is 0 Å². The largest absolute Gasteiger partial charge is 0.497 e. The van der Waals surface area contributed by atoms with E-state index in [2.05, 4.69) is 40.0 Å². The molecule has 1 unspecified atom stereocenters. The number of hydrogen-bond donors (Lipinski definition) is 1. The third kappa shape index (κ3) is 2.94. The number of nitrogens with zero attached hydrogens (tertiary/aromatic N) is 2. The van der Waals surface area contributed by atoms with E-state index in [-0.39, 0.29) is 6.04 Å². The zero-order valence-corrected chi connectivity index (χ0v) is 15.1. The van der Waals surface area contributed by atoms with Gasteiger partial charge in [-0.1, -0.05) is 0 Å². The minimum atomic E-state index is -0.00894. The van der Waals surface area contributed by atoms with E-state index in [0.717, 1.165) is 41.8 Å². The number of aromatic nitrogens is 1. The molecule has 1 aliphatic rings. The molecule has 0 saturated carbocycles. The van der Waals surface area contributed by atoms with Gasteiger partial charge in [0, 0.05) is 37.1 Å². The number of ether oxygens (including phenoxy) is 2. The molecule has 6 heteroatoms. The number of benzene rings is 1. The van der Waals surface area contributed by atoms with Crippen LogP contribution in [-0.4, -0.2) is 41.9 Å². The predicted octanol–water partition coefficient (Wildman–Crippen LogP) is 2.80. The molecular formula is C18H23N3O2S. The normalized spacial score (nSPS) is 16.5. The summed E-state index contributed by atoms with van der Waals surface area (Å²) in [4.78, 5) is 2.23. The predicted molar refractivity (Wildman–Crippen MR) is 98.8 cm³/mol. The molecule has 0 bridgehead atoms. The van der Waals surface area contributed by atoms with Crippen molar-refractivity contribution < 1.29 is 9.47 Å². The second-order valence-corrected chi connectivity index (χ2v) is 6.05. The van der Waals surface area contributed by atoms with Crippen molar-refractivity contribution in [1.82, 2.24) is 14.8 Å². The van der Waals surface area contributed by atoms with Gasteiger partial charge in [-0.3, -0.25) is 0 Å². The van der Waals surface area contributed by atoms with Crippen LogP contribution in [0.25, 0.3) is 0 Å². The van der Waals surface area contributed by atoms with Crippen molar-refractivity contribution in [3.63, 3.8) is 0 Å². The van der Waals surface area contributed by atoms with Gasteiger partial charge in [-0.15, -0.1) is 0 Å². The molecule has 1 aromatic carbocycles. The first-order chi connectivity index (χ1) is 11.7. The fraction of sp³-hybridized carbons (Fsp3) is 0.389. The lowest BCUT2D eigenvalue weighted by atomic mass is 9.99. The molecule has 3 rings (SSSR count). The van der Waals surface area contributed by atoms with Crippen LogP contribution in [0.1, 0.15) is 24.2 Å². The van der Waals surface area contributed by atoms with Gasteiger partial charge in [0.25, 0.3) is 0 Å². The lowest BCUT2D eigenvalue weighted by Gasteiger charge is -2.39. The van der Waals surface area contributed by atoms with Crippen LogP contribution in [0.15, 0.2) is 36.5 Å². The molecule has 5 nitrogen and oxygen atoms in total. The number of methoxy groups -OCH3 is 2. The summed E-state index contributed by atoms with van der Waals surface area (Å²) in [5, 5.41) is 4.04. The van der Waals surface area contributed by atoms with E-state index in [1.165, 1.54) is 5.69 Å². The van der Waals surface area contributed by atoms with Gasteiger partial charge in [0.05, 0.1) is 14.2 Å². The Bertz CT molecular complexity index is 729. The topological polar surface area (TPSA) is 38.7 Å². The maximum absolute atomic E-state index is 5.63. The van der Waals surface area contributed by atoms with E-state index >= 15 is 0 Å². The smallest absolute Gasteiger partial charge is 0.169 e. The van der Waals surface area contributed by atoms with Crippen LogP contribution in [0.4, 0.5) is 0 Å². The average Bonchev–Trinajstić information content (AvgIpc) is 3.09. The molecule has 24 heavy (non-hydrogen) atoms. The molecule has 0 saturated heterocycles. The SMILES string of the molecule is CCNC(=S)N1CCn2cccc2C1c1cc(OC)ccc1OC. The fourth-order valence-electron chi connectivity index (χ4n) is 3.24. The highest BCUT2D eigenvalue weighted by atomic mass is 32.1.